The highest BCUT2D eigenvalue weighted by molar-refractivity contribution is 9.10. The SMILES string of the molecule is CCOC(=O)CN1C(=S)N[C@H](c2ccccn2)[C@H]1c1ccc(-c2ccc(Br)cc2)o1. The van der Waals surface area contributed by atoms with Gasteiger partial charge in [-0.05, 0) is 55.5 Å². The molecule has 0 amide bonds. The number of benzene rings is 1. The summed E-state index contributed by atoms with van der Waals surface area (Å²) in [5.74, 6) is 1.10. The van der Waals surface area contributed by atoms with E-state index in [1.165, 1.54) is 0 Å². The van der Waals surface area contributed by atoms with Gasteiger partial charge in [0.1, 0.15) is 24.1 Å². The lowest BCUT2D eigenvalue weighted by molar-refractivity contribution is -0.143. The molecule has 1 aliphatic heterocycles. The number of rotatable bonds is 6. The third-order valence-corrected chi connectivity index (χ3v) is 5.73. The third kappa shape index (κ3) is 4.24. The van der Waals surface area contributed by atoms with Gasteiger partial charge in [-0.25, -0.2) is 0 Å². The molecule has 1 N–H and O–H groups in total. The van der Waals surface area contributed by atoms with Crippen molar-refractivity contribution in [2.24, 2.45) is 0 Å². The Morgan fingerprint density at radius 1 is 1.23 bits per heavy atom. The predicted molar refractivity (Wildman–Crippen MR) is 121 cm³/mol. The summed E-state index contributed by atoms with van der Waals surface area (Å²) in [5, 5.41) is 3.76. The van der Waals surface area contributed by atoms with Crippen LogP contribution < -0.4 is 5.32 Å². The molecule has 30 heavy (non-hydrogen) atoms. The molecule has 0 unspecified atom stereocenters. The molecule has 2 aromatic heterocycles. The van der Waals surface area contributed by atoms with Crippen molar-refractivity contribution in [2.75, 3.05) is 13.2 Å². The van der Waals surface area contributed by atoms with Crippen LogP contribution in [0, 0.1) is 0 Å². The summed E-state index contributed by atoms with van der Waals surface area (Å²) in [7, 11) is 0. The van der Waals surface area contributed by atoms with E-state index in [0.717, 1.165) is 21.5 Å². The first-order valence-electron chi connectivity index (χ1n) is 9.56. The van der Waals surface area contributed by atoms with Crippen LogP contribution in [0.3, 0.4) is 0 Å². The molecular formula is C22H20BrN3O3S. The number of hydrogen-bond donors (Lipinski definition) is 1. The molecule has 1 fully saturated rings. The fraction of sp³-hybridized carbons (Fsp3) is 0.227. The smallest absolute Gasteiger partial charge is 0.325 e. The number of ether oxygens (including phenoxy) is 1. The molecule has 0 saturated carbocycles. The Kier molecular flexibility index (Phi) is 6.15. The zero-order valence-electron chi connectivity index (χ0n) is 16.2. The van der Waals surface area contributed by atoms with Crippen LogP contribution in [0.4, 0.5) is 0 Å². The van der Waals surface area contributed by atoms with Crippen molar-refractivity contribution in [3.8, 4) is 11.3 Å². The van der Waals surface area contributed by atoms with Crippen LogP contribution in [0.2, 0.25) is 0 Å². The molecule has 4 rings (SSSR count). The van der Waals surface area contributed by atoms with Gasteiger partial charge in [0.2, 0.25) is 0 Å². The Morgan fingerprint density at radius 3 is 2.73 bits per heavy atom. The van der Waals surface area contributed by atoms with Gasteiger partial charge < -0.3 is 19.4 Å². The third-order valence-electron chi connectivity index (χ3n) is 4.85. The number of thiocarbonyl (C=S) groups is 1. The van der Waals surface area contributed by atoms with E-state index < -0.39 is 0 Å². The van der Waals surface area contributed by atoms with E-state index in [0.29, 0.717) is 17.5 Å². The molecule has 1 saturated heterocycles. The fourth-order valence-electron chi connectivity index (χ4n) is 3.51. The number of nitrogens with zero attached hydrogens (tertiary/aromatic N) is 2. The molecule has 1 aromatic carbocycles. The van der Waals surface area contributed by atoms with E-state index in [-0.39, 0.29) is 24.6 Å². The summed E-state index contributed by atoms with van der Waals surface area (Å²) in [5.41, 5.74) is 1.78. The van der Waals surface area contributed by atoms with Gasteiger partial charge in [0.25, 0.3) is 0 Å². The number of pyridine rings is 1. The van der Waals surface area contributed by atoms with Gasteiger partial charge in [0.05, 0.1) is 18.3 Å². The minimum atomic E-state index is -0.340. The number of esters is 1. The maximum Gasteiger partial charge on any atom is 0.325 e. The van der Waals surface area contributed by atoms with E-state index in [1.54, 1.807) is 18.0 Å². The van der Waals surface area contributed by atoms with Gasteiger partial charge in [0.15, 0.2) is 5.11 Å². The highest BCUT2D eigenvalue weighted by atomic mass is 79.9. The van der Waals surface area contributed by atoms with Gasteiger partial charge in [0, 0.05) is 16.2 Å². The van der Waals surface area contributed by atoms with Crippen molar-refractivity contribution >= 4 is 39.2 Å². The van der Waals surface area contributed by atoms with Crippen LogP contribution in [-0.4, -0.2) is 34.1 Å². The highest BCUT2D eigenvalue weighted by Gasteiger charge is 2.42. The Labute approximate surface area is 188 Å². The minimum Gasteiger partial charge on any atom is -0.465 e. The van der Waals surface area contributed by atoms with E-state index >= 15 is 0 Å². The van der Waals surface area contributed by atoms with Crippen LogP contribution in [0.1, 0.15) is 30.5 Å². The summed E-state index contributed by atoms with van der Waals surface area (Å²) in [6.45, 7) is 2.13. The summed E-state index contributed by atoms with van der Waals surface area (Å²) in [6, 6.07) is 16.9. The quantitative estimate of drug-likeness (QED) is 0.402. The van der Waals surface area contributed by atoms with Gasteiger partial charge in [-0.2, -0.15) is 0 Å². The van der Waals surface area contributed by atoms with Gasteiger partial charge >= 0.3 is 5.97 Å². The van der Waals surface area contributed by atoms with Gasteiger partial charge in [-0.1, -0.05) is 34.1 Å². The van der Waals surface area contributed by atoms with Crippen LogP contribution >= 0.6 is 28.1 Å². The maximum absolute atomic E-state index is 12.2. The molecule has 2 atom stereocenters. The zero-order valence-corrected chi connectivity index (χ0v) is 18.7. The van der Waals surface area contributed by atoms with Crippen molar-refractivity contribution < 1.29 is 13.9 Å². The normalized spacial score (nSPS) is 18.3. The van der Waals surface area contributed by atoms with Crippen molar-refractivity contribution in [3.05, 3.63) is 76.7 Å². The van der Waals surface area contributed by atoms with Gasteiger partial charge in [-0.3, -0.25) is 9.78 Å². The maximum atomic E-state index is 12.2. The highest BCUT2D eigenvalue weighted by Crippen LogP contribution is 2.40. The lowest BCUT2D eigenvalue weighted by Crippen LogP contribution is -2.35. The number of aromatic nitrogens is 1. The number of carbonyl (C=O) groups is 1. The predicted octanol–water partition coefficient (Wildman–Crippen LogP) is 4.64. The lowest BCUT2D eigenvalue weighted by atomic mass is 10.0. The minimum absolute atomic E-state index is 0.0298. The molecule has 0 spiro atoms. The largest absolute Gasteiger partial charge is 0.465 e. The Morgan fingerprint density at radius 2 is 2.03 bits per heavy atom. The number of nitrogens with one attached hydrogen (secondary N) is 1. The summed E-state index contributed by atoms with van der Waals surface area (Å²) in [4.78, 5) is 18.5. The van der Waals surface area contributed by atoms with Crippen LogP contribution in [0.25, 0.3) is 11.3 Å². The first kappa shape index (κ1) is 20.6. The number of furan rings is 1. The second-order valence-electron chi connectivity index (χ2n) is 6.77. The first-order valence-corrected chi connectivity index (χ1v) is 10.8. The standard InChI is InChI=1S/C22H20BrN3O3S/c1-2-28-19(27)13-26-21(20(25-22(26)30)16-5-3-4-12-24-16)18-11-10-17(29-18)14-6-8-15(23)9-7-14/h3-12,20-21H,2,13H2,1H3,(H,25,30)/t20-,21-/m1/s1. The molecule has 8 heteroatoms. The molecule has 1 aliphatic rings. The second kappa shape index (κ2) is 8.97. The van der Waals surface area contributed by atoms with Crippen LogP contribution in [0.15, 0.2) is 69.7 Å². The van der Waals surface area contributed by atoms with Crippen molar-refractivity contribution in [1.29, 1.82) is 0 Å². The number of carbonyl (C=O) groups excluding carboxylic acids is 1. The molecule has 0 aliphatic carbocycles. The van der Waals surface area contributed by atoms with Crippen LogP contribution in [0.5, 0.6) is 0 Å². The average Bonchev–Trinajstić information content (AvgIpc) is 3.35. The fourth-order valence-corrected chi connectivity index (χ4v) is 4.08. The zero-order chi connectivity index (χ0) is 21.1. The molecule has 6 nitrogen and oxygen atoms in total. The van der Waals surface area contributed by atoms with E-state index in [9.17, 15) is 4.79 Å². The Bertz CT molecular complexity index is 1040. The lowest BCUT2D eigenvalue weighted by Gasteiger charge is -2.25. The van der Waals surface area contributed by atoms with E-state index in [2.05, 4.69) is 26.2 Å². The second-order valence-corrected chi connectivity index (χ2v) is 8.07. The Hall–Kier alpha value is -2.71. The van der Waals surface area contributed by atoms with E-state index in [4.69, 9.17) is 21.4 Å². The van der Waals surface area contributed by atoms with E-state index in [1.807, 2.05) is 54.6 Å². The topological polar surface area (TPSA) is 67.6 Å². The first-order chi connectivity index (χ1) is 14.6. The Balaban J connectivity index is 1.70. The van der Waals surface area contributed by atoms with Crippen molar-refractivity contribution in [3.63, 3.8) is 0 Å². The van der Waals surface area contributed by atoms with Crippen molar-refractivity contribution in [2.45, 2.75) is 19.0 Å². The van der Waals surface area contributed by atoms with Gasteiger partial charge in [-0.15, -0.1) is 0 Å². The van der Waals surface area contributed by atoms with Crippen molar-refractivity contribution in [1.82, 2.24) is 15.2 Å². The molecular weight excluding hydrogens is 466 g/mol. The molecule has 3 heterocycles. The number of halogens is 1. The molecule has 154 valence electrons. The molecule has 3 aromatic rings. The molecule has 0 bridgehead atoms. The molecule has 0 radical (unpaired) electrons. The summed E-state index contributed by atoms with van der Waals surface area (Å²) < 4.78 is 12.4. The van der Waals surface area contributed by atoms with Crippen LogP contribution in [-0.2, 0) is 9.53 Å². The monoisotopic (exact) mass is 485 g/mol. The summed E-state index contributed by atoms with van der Waals surface area (Å²) >= 11 is 8.99. The average molecular weight is 486 g/mol. The summed E-state index contributed by atoms with van der Waals surface area (Å²) in [6.07, 6.45) is 1.74. The number of hydrogen-bond acceptors (Lipinski definition) is 5.